The number of hydrogen-bond acceptors (Lipinski definition) is 2. The summed E-state index contributed by atoms with van der Waals surface area (Å²) >= 11 is 0. The number of allylic oxidation sites excluding steroid dienone is 2. The summed E-state index contributed by atoms with van der Waals surface area (Å²) in [4.78, 5) is 11.1. The highest BCUT2D eigenvalue weighted by molar-refractivity contribution is 5.89. The highest BCUT2D eigenvalue weighted by atomic mass is 19.1. The Balaban J connectivity index is 2.06. The zero-order valence-electron chi connectivity index (χ0n) is 15.5. The summed E-state index contributed by atoms with van der Waals surface area (Å²) in [5.74, 6) is 11.0. The lowest BCUT2D eigenvalue weighted by atomic mass is 9.93. The van der Waals surface area contributed by atoms with Crippen molar-refractivity contribution in [2.24, 2.45) is 0 Å². The molecule has 0 radical (unpaired) electrons. The number of carbonyl (C=O) groups is 1. The van der Waals surface area contributed by atoms with Crippen molar-refractivity contribution in [1.82, 2.24) is 0 Å². The molecular formula is C26H17FO2. The van der Waals surface area contributed by atoms with Gasteiger partial charge in [0, 0.05) is 16.7 Å². The van der Waals surface area contributed by atoms with E-state index in [1.807, 2.05) is 36.4 Å². The highest BCUT2D eigenvalue weighted by Gasteiger charge is 2.24. The van der Waals surface area contributed by atoms with E-state index in [0.29, 0.717) is 23.0 Å². The second-order valence-electron chi connectivity index (χ2n) is 6.17. The number of halogens is 1. The molecule has 0 heterocycles. The molecule has 0 saturated carbocycles. The number of aliphatic hydroxyl groups is 1. The van der Waals surface area contributed by atoms with E-state index in [4.69, 9.17) is 0 Å². The second kappa shape index (κ2) is 9.33. The summed E-state index contributed by atoms with van der Waals surface area (Å²) in [6, 6.07) is 23.8. The third kappa shape index (κ3) is 5.30. The molecule has 0 aliphatic carbocycles. The van der Waals surface area contributed by atoms with Crippen LogP contribution >= 0.6 is 0 Å². The lowest BCUT2D eigenvalue weighted by Gasteiger charge is -2.16. The predicted molar refractivity (Wildman–Crippen MR) is 112 cm³/mol. The average molecular weight is 380 g/mol. The SMILES string of the molecule is O=C/C=C(\C#CC(O)(C#Cc1ccccc1)c1ccccc1)c1ccc(F)cc1. The molecule has 0 aliphatic rings. The molecule has 0 saturated heterocycles. The van der Waals surface area contributed by atoms with Gasteiger partial charge in [0.05, 0.1) is 0 Å². The third-order valence-corrected chi connectivity index (χ3v) is 4.12. The number of hydrogen-bond donors (Lipinski definition) is 1. The van der Waals surface area contributed by atoms with Gasteiger partial charge in [0.1, 0.15) is 12.1 Å². The van der Waals surface area contributed by atoms with Gasteiger partial charge in [0.15, 0.2) is 0 Å². The van der Waals surface area contributed by atoms with E-state index < -0.39 is 5.60 Å². The second-order valence-corrected chi connectivity index (χ2v) is 6.17. The minimum Gasteiger partial charge on any atom is -0.363 e. The van der Waals surface area contributed by atoms with Crippen LogP contribution in [0, 0.1) is 29.5 Å². The van der Waals surface area contributed by atoms with Crippen LogP contribution in [0.25, 0.3) is 5.57 Å². The highest BCUT2D eigenvalue weighted by Crippen LogP contribution is 2.21. The van der Waals surface area contributed by atoms with Crippen LogP contribution < -0.4 is 0 Å². The monoisotopic (exact) mass is 380 g/mol. The van der Waals surface area contributed by atoms with Crippen molar-refractivity contribution < 1.29 is 14.3 Å². The summed E-state index contributed by atoms with van der Waals surface area (Å²) in [6.07, 6.45) is 1.88. The fourth-order valence-corrected chi connectivity index (χ4v) is 2.60. The average Bonchev–Trinajstić information content (AvgIpc) is 2.77. The summed E-state index contributed by atoms with van der Waals surface area (Å²) < 4.78 is 13.2. The maximum absolute atomic E-state index is 13.2. The Morgan fingerprint density at radius 1 is 0.862 bits per heavy atom. The van der Waals surface area contributed by atoms with Crippen molar-refractivity contribution in [2.75, 3.05) is 0 Å². The normalized spacial score (nSPS) is 12.6. The minimum atomic E-state index is -1.75. The first-order valence-corrected chi connectivity index (χ1v) is 8.91. The maximum Gasteiger partial charge on any atom is 0.214 e. The molecule has 0 spiro atoms. The summed E-state index contributed by atoms with van der Waals surface area (Å²) in [7, 11) is 0. The summed E-state index contributed by atoms with van der Waals surface area (Å²) in [6.45, 7) is 0. The summed E-state index contributed by atoms with van der Waals surface area (Å²) in [5, 5.41) is 11.2. The molecule has 0 bridgehead atoms. The first kappa shape index (κ1) is 19.8. The van der Waals surface area contributed by atoms with Gasteiger partial charge in [-0.3, -0.25) is 4.79 Å². The van der Waals surface area contributed by atoms with E-state index in [9.17, 15) is 14.3 Å². The lowest BCUT2D eigenvalue weighted by Crippen LogP contribution is -2.21. The van der Waals surface area contributed by atoms with E-state index in [0.717, 1.165) is 5.56 Å². The van der Waals surface area contributed by atoms with Gasteiger partial charge in [0.2, 0.25) is 5.60 Å². The van der Waals surface area contributed by atoms with Gasteiger partial charge in [-0.25, -0.2) is 4.39 Å². The quantitative estimate of drug-likeness (QED) is 0.417. The van der Waals surface area contributed by atoms with Crippen LogP contribution in [0.4, 0.5) is 4.39 Å². The molecule has 3 aromatic rings. The molecule has 3 heteroatoms. The molecule has 140 valence electrons. The van der Waals surface area contributed by atoms with E-state index in [2.05, 4.69) is 23.7 Å². The Labute approximate surface area is 169 Å². The molecule has 3 aromatic carbocycles. The van der Waals surface area contributed by atoms with Crippen LogP contribution in [0.3, 0.4) is 0 Å². The van der Waals surface area contributed by atoms with Crippen molar-refractivity contribution in [3.8, 4) is 23.7 Å². The lowest BCUT2D eigenvalue weighted by molar-refractivity contribution is -0.104. The van der Waals surface area contributed by atoms with Crippen LogP contribution in [0.15, 0.2) is 91.0 Å². The van der Waals surface area contributed by atoms with Crippen LogP contribution in [0.2, 0.25) is 0 Å². The van der Waals surface area contributed by atoms with E-state index in [1.54, 1.807) is 24.3 Å². The molecule has 1 N–H and O–H groups in total. The van der Waals surface area contributed by atoms with Crippen molar-refractivity contribution in [3.05, 3.63) is 114 Å². The number of benzene rings is 3. The molecule has 0 amide bonds. The van der Waals surface area contributed by atoms with Gasteiger partial charge >= 0.3 is 0 Å². The van der Waals surface area contributed by atoms with Crippen molar-refractivity contribution in [3.63, 3.8) is 0 Å². The van der Waals surface area contributed by atoms with Crippen molar-refractivity contribution >= 4 is 11.9 Å². The van der Waals surface area contributed by atoms with E-state index in [1.165, 1.54) is 30.3 Å². The van der Waals surface area contributed by atoms with Gasteiger partial charge in [0.25, 0.3) is 0 Å². The Kier molecular flexibility index (Phi) is 6.38. The first-order chi connectivity index (χ1) is 14.1. The maximum atomic E-state index is 13.2. The van der Waals surface area contributed by atoms with Crippen LogP contribution in [-0.2, 0) is 10.4 Å². The van der Waals surface area contributed by atoms with E-state index in [-0.39, 0.29) is 5.82 Å². The zero-order chi connectivity index (χ0) is 20.5. The number of carbonyl (C=O) groups excluding carboxylic acids is 1. The Morgan fingerprint density at radius 2 is 1.48 bits per heavy atom. The van der Waals surface area contributed by atoms with Gasteiger partial charge in [-0.05, 0) is 47.7 Å². The van der Waals surface area contributed by atoms with Gasteiger partial charge in [-0.15, -0.1) is 0 Å². The largest absolute Gasteiger partial charge is 0.363 e. The summed E-state index contributed by atoms with van der Waals surface area (Å²) in [5.41, 5.74) is 0.429. The number of aldehydes is 1. The Bertz CT molecular complexity index is 1130. The van der Waals surface area contributed by atoms with E-state index >= 15 is 0 Å². The molecule has 0 fully saturated rings. The van der Waals surface area contributed by atoms with Crippen LogP contribution in [0.1, 0.15) is 16.7 Å². The molecular weight excluding hydrogens is 363 g/mol. The Morgan fingerprint density at radius 3 is 2.10 bits per heavy atom. The molecule has 29 heavy (non-hydrogen) atoms. The molecule has 1 unspecified atom stereocenters. The molecule has 1 atom stereocenters. The topological polar surface area (TPSA) is 37.3 Å². The number of rotatable bonds is 3. The molecule has 3 rings (SSSR count). The van der Waals surface area contributed by atoms with Crippen LogP contribution in [0.5, 0.6) is 0 Å². The molecule has 0 aliphatic heterocycles. The first-order valence-electron chi connectivity index (χ1n) is 8.91. The fraction of sp³-hybridized carbons (Fsp3) is 0.0385. The smallest absolute Gasteiger partial charge is 0.214 e. The van der Waals surface area contributed by atoms with Gasteiger partial charge in [-0.2, -0.15) is 0 Å². The van der Waals surface area contributed by atoms with Crippen LogP contribution in [-0.4, -0.2) is 11.4 Å². The predicted octanol–water partition coefficient (Wildman–Crippen LogP) is 4.35. The molecule has 2 nitrogen and oxygen atoms in total. The Hall–Kier alpha value is -3.92. The fourth-order valence-electron chi connectivity index (χ4n) is 2.60. The van der Waals surface area contributed by atoms with Crippen molar-refractivity contribution in [2.45, 2.75) is 5.60 Å². The zero-order valence-corrected chi connectivity index (χ0v) is 15.5. The van der Waals surface area contributed by atoms with Gasteiger partial charge in [-0.1, -0.05) is 72.5 Å². The van der Waals surface area contributed by atoms with Gasteiger partial charge < -0.3 is 5.11 Å². The standard InChI is InChI=1S/C26H17FO2/c27-25-13-11-22(12-14-25)23(17-20-28)16-19-26(29,24-9-5-2-6-10-24)18-15-21-7-3-1-4-8-21/h1-14,17,20,29H/b23-17+. The third-order valence-electron chi connectivity index (χ3n) is 4.12. The molecule has 0 aromatic heterocycles. The van der Waals surface area contributed by atoms with Crippen molar-refractivity contribution in [1.29, 1.82) is 0 Å². The minimum absolute atomic E-state index is 0.357.